The summed E-state index contributed by atoms with van der Waals surface area (Å²) in [7, 11) is 0. The van der Waals surface area contributed by atoms with Crippen LogP contribution in [-0.4, -0.2) is 40.8 Å². The molecule has 0 fully saturated rings. The van der Waals surface area contributed by atoms with Crippen LogP contribution in [0.3, 0.4) is 0 Å². The van der Waals surface area contributed by atoms with Crippen molar-refractivity contribution in [3.05, 3.63) is 0 Å². The molecule has 0 spiro atoms. The Hall–Kier alpha value is -0.650. The quantitative estimate of drug-likeness (QED) is 0.195. The van der Waals surface area contributed by atoms with Crippen molar-refractivity contribution in [2.24, 2.45) is 0 Å². The number of carbonyl (C=O) groups is 1. The number of carboxylic acids is 1. The fourth-order valence-electron chi connectivity index (χ4n) is 2.89. The van der Waals surface area contributed by atoms with Crippen LogP contribution < -0.4 is 0 Å². The number of aliphatic hydroxyl groups excluding tert-OH is 2. The number of aliphatic hydroxyl groups is 2. The van der Waals surface area contributed by atoms with E-state index in [0.29, 0.717) is 13.0 Å². The van der Waals surface area contributed by atoms with Crippen LogP contribution in [0.1, 0.15) is 117 Å². The predicted octanol–water partition coefficient (Wildman–Crippen LogP) is 5.67. The maximum absolute atomic E-state index is 10.3. The van der Waals surface area contributed by atoms with E-state index in [1.54, 1.807) is 6.92 Å². The van der Waals surface area contributed by atoms with Gasteiger partial charge in [0.25, 0.3) is 0 Å². The molecule has 0 amide bonds. The topological polar surface area (TPSA) is 87.0 Å². The van der Waals surface area contributed by atoms with Crippen LogP contribution >= 0.6 is 0 Å². The van der Waals surface area contributed by atoms with E-state index in [1.807, 2.05) is 0 Å². The lowest BCUT2D eigenvalue weighted by Crippen LogP contribution is -2.15. The van der Waals surface area contributed by atoms with Crippen molar-refractivity contribution in [3.8, 4) is 0 Å². The Labute approximate surface area is 167 Å². The Morgan fingerprint density at radius 3 is 1.37 bits per heavy atom. The van der Waals surface area contributed by atoms with Gasteiger partial charge in [-0.05, 0) is 13.3 Å². The summed E-state index contributed by atoms with van der Waals surface area (Å²) in [5.41, 5.74) is 0. The molecule has 0 saturated heterocycles. The lowest BCUT2D eigenvalue weighted by molar-refractivity contribution is -0.137. The van der Waals surface area contributed by atoms with Gasteiger partial charge in [-0.1, -0.05) is 96.8 Å². The molecule has 1 unspecified atom stereocenters. The highest BCUT2D eigenvalue weighted by molar-refractivity contribution is 5.66. The summed E-state index contributed by atoms with van der Waals surface area (Å²) in [6, 6.07) is 0. The normalized spacial score (nSPS) is 11.7. The molecule has 0 bridgehead atoms. The Morgan fingerprint density at radius 2 is 1.11 bits per heavy atom. The van der Waals surface area contributed by atoms with Gasteiger partial charge in [0.15, 0.2) is 6.29 Å². The number of carboxylic acid groups (broad SMARTS) is 1. The van der Waals surface area contributed by atoms with Gasteiger partial charge in [-0.25, -0.2) is 0 Å². The third-order valence-electron chi connectivity index (χ3n) is 4.51. The molecule has 0 heterocycles. The zero-order valence-electron chi connectivity index (χ0n) is 18.0. The van der Waals surface area contributed by atoms with Gasteiger partial charge in [-0.2, -0.15) is 0 Å². The minimum absolute atomic E-state index is 0.326. The third kappa shape index (κ3) is 30.3. The molecule has 5 heteroatoms. The number of ether oxygens (including phenoxy) is 1. The molecule has 5 nitrogen and oxygen atoms in total. The molecule has 0 radical (unpaired) electrons. The summed E-state index contributed by atoms with van der Waals surface area (Å²) in [6.45, 7) is 4.13. The van der Waals surface area contributed by atoms with Gasteiger partial charge < -0.3 is 20.1 Å². The molecule has 0 aliphatic carbocycles. The number of hydrogen-bond donors (Lipinski definition) is 3. The Bertz CT molecular complexity index is 284. The van der Waals surface area contributed by atoms with Crippen LogP contribution in [0.15, 0.2) is 0 Å². The van der Waals surface area contributed by atoms with Gasteiger partial charge in [0.1, 0.15) is 0 Å². The highest BCUT2D eigenvalue weighted by Crippen LogP contribution is 2.13. The number of rotatable bonds is 19. The monoisotopic (exact) mass is 390 g/mol. The van der Waals surface area contributed by atoms with E-state index in [9.17, 15) is 4.79 Å². The number of aliphatic carboxylic acids is 1. The average molecular weight is 391 g/mol. The molecular formula is C22H46O5. The van der Waals surface area contributed by atoms with Crippen molar-refractivity contribution in [2.75, 3.05) is 13.2 Å². The minimum Gasteiger partial charge on any atom is -0.481 e. The first kappa shape index (κ1) is 28.6. The molecule has 0 aliphatic rings. The third-order valence-corrected chi connectivity index (χ3v) is 4.51. The molecule has 27 heavy (non-hydrogen) atoms. The van der Waals surface area contributed by atoms with Crippen LogP contribution in [0.5, 0.6) is 0 Å². The largest absolute Gasteiger partial charge is 0.481 e. The Kier molecular flexibility index (Phi) is 26.8. The summed E-state index contributed by atoms with van der Waals surface area (Å²) in [5, 5.41) is 25.0. The maximum atomic E-state index is 10.3. The fourth-order valence-corrected chi connectivity index (χ4v) is 2.89. The van der Waals surface area contributed by atoms with E-state index in [0.717, 1.165) is 12.8 Å². The zero-order chi connectivity index (χ0) is 20.6. The first-order valence-corrected chi connectivity index (χ1v) is 11.2. The van der Waals surface area contributed by atoms with Crippen molar-refractivity contribution in [2.45, 2.75) is 123 Å². The zero-order valence-corrected chi connectivity index (χ0v) is 18.0. The second kappa shape index (κ2) is 25.4. The molecule has 0 aromatic heterocycles. The van der Waals surface area contributed by atoms with Crippen molar-refractivity contribution >= 4 is 5.97 Å². The van der Waals surface area contributed by atoms with E-state index >= 15 is 0 Å². The van der Waals surface area contributed by atoms with Crippen LogP contribution in [0.4, 0.5) is 0 Å². The maximum Gasteiger partial charge on any atom is 0.303 e. The van der Waals surface area contributed by atoms with Gasteiger partial charge in [-0.15, -0.1) is 0 Å². The van der Waals surface area contributed by atoms with Gasteiger partial charge in [0.2, 0.25) is 0 Å². The van der Waals surface area contributed by atoms with Crippen molar-refractivity contribution < 1.29 is 24.9 Å². The molecular weight excluding hydrogens is 344 g/mol. The Balaban J connectivity index is 0. The number of unbranched alkanes of at least 4 members (excludes halogenated alkanes) is 14. The summed E-state index contributed by atoms with van der Waals surface area (Å²) in [6.07, 6.45) is 19.2. The second-order valence-corrected chi connectivity index (χ2v) is 7.19. The molecule has 0 aliphatic heterocycles. The average Bonchev–Trinajstić information content (AvgIpc) is 2.65. The molecule has 0 aromatic carbocycles. The molecule has 164 valence electrons. The SMILES string of the molecule is CCCCCCCCCCCCCCCCCC(=O)O.CCOC(O)CO. The van der Waals surface area contributed by atoms with Gasteiger partial charge in [-0.3, -0.25) is 4.79 Å². The van der Waals surface area contributed by atoms with E-state index in [-0.39, 0.29) is 6.61 Å². The van der Waals surface area contributed by atoms with E-state index in [4.69, 9.17) is 15.3 Å². The van der Waals surface area contributed by atoms with Gasteiger partial charge >= 0.3 is 5.97 Å². The first-order valence-electron chi connectivity index (χ1n) is 11.2. The van der Waals surface area contributed by atoms with Crippen molar-refractivity contribution in [1.82, 2.24) is 0 Å². The molecule has 0 rings (SSSR count). The molecule has 1 atom stereocenters. The van der Waals surface area contributed by atoms with Gasteiger partial charge in [0.05, 0.1) is 6.61 Å². The number of hydrogen-bond acceptors (Lipinski definition) is 4. The smallest absolute Gasteiger partial charge is 0.303 e. The molecule has 3 N–H and O–H groups in total. The van der Waals surface area contributed by atoms with E-state index in [2.05, 4.69) is 11.7 Å². The molecule has 0 aromatic rings. The Morgan fingerprint density at radius 1 is 0.741 bits per heavy atom. The summed E-state index contributed by atoms with van der Waals surface area (Å²) in [5.74, 6) is -0.653. The predicted molar refractivity (Wildman–Crippen MR) is 112 cm³/mol. The van der Waals surface area contributed by atoms with Crippen molar-refractivity contribution in [1.29, 1.82) is 0 Å². The highest BCUT2D eigenvalue weighted by atomic mass is 16.6. The lowest BCUT2D eigenvalue weighted by Gasteiger charge is -2.03. The van der Waals surface area contributed by atoms with Crippen LogP contribution in [0.2, 0.25) is 0 Å². The standard InChI is InChI=1S/C18H36O2.C4H10O3/c1-2-3-4-5-6-7-8-9-10-11-12-13-14-15-16-17-18(19)20;1-2-7-4(6)3-5/h2-17H2,1H3,(H,19,20);4-6H,2-3H2,1H3. The van der Waals surface area contributed by atoms with Crippen LogP contribution in [0.25, 0.3) is 0 Å². The summed E-state index contributed by atoms with van der Waals surface area (Å²) >= 11 is 0. The van der Waals surface area contributed by atoms with Crippen LogP contribution in [-0.2, 0) is 9.53 Å². The van der Waals surface area contributed by atoms with Crippen molar-refractivity contribution in [3.63, 3.8) is 0 Å². The lowest BCUT2D eigenvalue weighted by atomic mass is 10.0. The molecule has 0 saturated carbocycles. The highest BCUT2D eigenvalue weighted by Gasteiger charge is 1.97. The van der Waals surface area contributed by atoms with E-state index < -0.39 is 12.3 Å². The summed E-state index contributed by atoms with van der Waals surface area (Å²) in [4.78, 5) is 10.3. The first-order chi connectivity index (χ1) is 13.1. The second-order valence-electron chi connectivity index (χ2n) is 7.19. The van der Waals surface area contributed by atoms with E-state index in [1.165, 1.54) is 83.5 Å². The summed E-state index contributed by atoms with van der Waals surface area (Å²) < 4.78 is 4.50. The van der Waals surface area contributed by atoms with Gasteiger partial charge in [0, 0.05) is 13.0 Å². The minimum atomic E-state index is -0.995. The fraction of sp³-hybridized carbons (Fsp3) is 0.955. The van der Waals surface area contributed by atoms with Crippen LogP contribution in [0, 0.1) is 0 Å².